The van der Waals surface area contributed by atoms with Crippen molar-refractivity contribution in [1.82, 2.24) is 5.32 Å². The van der Waals surface area contributed by atoms with E-state index in [-0.39, 0.29) is 0 Å². The van der Waals surface area contributed by atoms with Crippen LogP contribution in [0.25, 0.3) is 0 Å². The first-order chi connectivity index (χ1) is 4.83. The van der Waals surface area contributed by atoms with Gasteiger partial charge in [-0.3, -0.25) is 0 Å². The molecule has 1 saturated carbocycles. The number of nitrogens with one attached hydrogen (secondary N) is 1. The van der Waals surface area contributed by atoms with Gasteiger partial charge in [0, 0.05) is 0 Å². The Labute approximate surface area is 64.2 Å². The van der Waals surface area contributed by atoms with Crippen LogP contribution in [0.3, 0.4) is 0 Å². The van der Waals surface area contributed by atoms with Gasteiger partial charge < -0.3 is 5.32 Å². The molecule has 0 atom stereocenters. The lowest BCUT2D eigenvalue weighted by Crippen LogP contribution is -2.32. The van der Waals surface area contributed by atoms with Crippen LogP contribution in [-0.2, 0) is 0 Å². The minimum atomic E-state index is 1.00. The number of hydrogen-bond acceptors (Lipinski definition) is 1. The van der Waals surface area contributed by atoms with Crippen LogP contribution >= 0.6 is 0 Å². The molecule has 0 aromatic rings. The Morgan fingerprint density at radius 2 is 2.10 bits per heavy atom. The molecule has 1 rings (SSSR count). The van der Waals surface area contributed by atoms with Gasteiger partial charge in [-0.15, -0.1) is 0 Å². The summed E-state index contributed by atoms with van der Waals surface area (Å²) >= 11 is 0. The Morgan fingerprint density at radius 1 is 1.40 bits per heavy atom. The summed E-state index contributed by atoms with van der Waals surface area (Å²) in [5, 5.41) is 3.46. The molecule has 1 nitrogen and oxygen atoms in total. The van der Waals surface area contributed by atoms with Crippen LogP contribution in [0, 0.1) is 11.8 Å². The average Bonchev–Trinajstić information content (AvgIpc) is 1.85. The smallest absolute Gasteiger partial charge is 0.00203 e. The maximum Gasteiger partial charge on any atom is -0.00203 e. The zero-order valence-electron chi connectivity index (χ0n) is 7.19. The molecule has 1 N–H and O–H groups in total. The first-order valence-corrected chi connectivity index (χ1v) is 4.53. The van der Waals surface area contributed by atoms with Crippen molar-refractivity contribution < 1.29 is 0 Å². The van der Waals surface area contributed by atoms with Crippen LogP contribution in [0.5, 0.6) is 0 Å². The van der Waals surface area contributed by atoms with Crippen molar-refractivity contribution in [1.29, 1.82) is 0 Å². The lowest BCUT2D eigenvalue weighted by atomic mass is 9.76. The summed E-state index contributed by atoms with van der Waals surface area (Å²) in [6.07, 6.45) is 4.18. The largest absolute Gasteiger partial charge is 0.316 e. The third-order valence-electron chi connectivity index (χ3n) is 2.33. The van der Waals surface area contributed by atoms with Crippen molar-refractivity contribution in [3.8, 4) is 0 Å². The molecular weight excluding hydrogens is 122 g/mol. The zero-order chi connectivity index (χ0) is 7.40. The Kier molecular flexibility index (Phi) is 3.20. The first kappa shape index (κ1) is 8.06. The molecule has 60 valence electrons. The van der Waals surface area contributed by atoms with E-state index in [0.29, 0.717) is 0 Å². The molecule has 10 heavy (non-hydrogen) atoms. The van der Waals surface area contributed by atoms with Gasteiger partial charge in [0.2, 0.25) is 0 Å². The SMILES string of the molecule is CCCNCC1CC(C)C1. The molecule has 0 spiro atoms. The quantitative estimate of drug-likeness (QED) is 0.591. The topological polar surface area (TPSA) is 12.0 Å². The van der Waals surface area contributed by atoms with Gasteiger partial charge in [0.15, 0.2) is 0 Å². The van der Waals surface area contributed by atoms with Crippen LogP contribution in [-0.4, -0.2) is 13.1 Å². The molecule has 0 amide bonds. The maximum atomic E-state index is 3.46. The summed E-state index contributed by atoms with van der Waals surface area (Å²) in [6.45, 7) is 7.02. The highest BCUT2D eigenvalue weighted by atomic mass is 14.9. The second kappa shape index (κ2) is 3.97. The fourth-order valence-corrected chi connectivity index (χ4v) is 1.72. The van der Waals surface area contributed by atoms with Crippen molar-refractivity contribution in [2.24, 2.45) is 11.8 Å². The van der Waals surface area contributed by atoms with Crippen molar-refractivity contribution in [2.45, 2.75) is 33.1 Å². The number of hydrogen-bond donors (Lipinski definition) is 1. The van der Waals surface area contributed by atoms with Crippen molar-refractivity contribution in [3.05, 3.63) is 0 Å². The lowest BCUT2D eigenvalue weighted by molar-refractivity contribution is 0.207. The van der Waals surface area contributed by atoms with Gasteiger partial charge in [-0.05, 0) is 44.2 Å². The number of rotatable bonds is 4. The monoisotopic (exact) mass is 141 g/mol. The zero-order valence-corrected chi connectivity index (χ0v) is 7.19. The van der Waals surface area contributed by atoms with E-state index in [1.54, 1.807) is 0 Å². The van der Waals surface area contributed by atoms with Crippen LogP contribution in [0.2, 0.25) is 0 Å². The fourth-order valence-electron chi connectivity index (χ4n) is 1.72. The molecule has 0 saturated heterocycles. The molecule has 1 heteroatoms. The van der Waals surface area contributed by atoms with Gasteiger partial charge in [-0.2, -0.15) is 0 Å². The van der Waals surface area contributed by atoms with Crippen molar-refractivity contribution in [3.63, 3.8) is 0 Å². The molecular formula is C9H19N. The highest BCUT2D eigenvalue weighted by molar-refractivity contribution is 4.77. The molecule has 0 heterocycles. The molecule has 0 aliphatic heterocycles. The lowest BCUT2D eigenvalue weighted by Gasteiger charge is -2.32. The summed E-state index contributed by atoms with van der Waals surface area (Å²) in [5.41, 5.74) is 0. The predicted molar refractivity (Wildman–Crippen MR) is 45.0 cm³/mol. The summed E-state index contributed by atoms with van der Waals surface area (Å²) in [4.78, 5) is 0. The summed E-state index contributed by atoms with van der Waals surface area (Å²) in [6, 6.07) is 0. The maximum absolute atomic E-state index is 3.46. The molecule has 0 radical (unpaired) electrons. The third kappa shape index (κ3) is 2.30. The minimum absolute atomic E-state index is 1.00. The highest BCUT2D eigenvalue weighted by Gasteiger charge is 2.24. The Hall–Kier alpha value is -0.0400. The van der Waals surface area contributed by atoms with Gasteiger partial charge in [-0.25, -0.2) is 0 Å². The highest BCUT2D eigenvalue weighted by Crippen LogP contribution is 2.32. The van der Waals surface area contributed by atoms with E-state index in [1.165, 1.54) is 32.4 Å². The molecule has 0 aromatic carbocycles. The standard InChI is InChI=1S/C9H19N/c1-3-4-10-7-9-5-8(2)6-9/h8-10H,3-7H2,1-2H3. The van der Waals surface area contributed by atoms with Crippen LogP contribution < -0.4 is 5.32 Å². The van der Waals surface area contributed by atoms with E-state index in [2.05, 4.69) is 19.2 Å². The van der Waals surface area contributed by atoms with Crippen LogP contribution in [0.4, 0.5) is 0 Å². The fraction of sp³-hybridized carbons (Fsp3) is 1.00. The first-order valence-electron chi connectivity index (χ1n) is 4.53. The Balaban J connectivity index is 1.86. The van der Waals surface area contributed by atoms with E-state index < -0.39 is 0 Å². The molecule has 1 fully saturated rings. The normalized spacial score (nSPS) is 31.8. The van der Waals surface area contributed by atoms with Crippen molar-refractivity contribution >= 4 is 0 Å². The van der Waals surface area contributed by atoms with Crippen LogP contribution in [0.1, 0.15) is 33.1 Å². The van der Waals surface area contributed by atoms with Gasteiger partial charge in [-0.1, -0.05) is 13.8 Å². The molecule has 1 aliphatic rings. The minimum Gasteiger partial charge on any atom is -0.316 e. The van der Waals surface area contributed by atoms with E-state index in [0.717, 1.165) is 11.8 Å². The Bertz CT molecular complexity index is 84.7. The predicted octanol–water partition coefficient (Wildman–Crippen LogP) is 2.03. The second-order valence-corrected chi connectivity index (χ2v) is 3.65. The Morgan fingerprint density at radius 3 is 2.60 bits per heavy atom. The average molecular weight is 141 g/mol. The second-order valence-electron chi connectivity index (χ2n) is 3.65. The van der Waals surface area contributed by atoms with Gasteiger partial charge in [0.1, 0.15) is 0 Å². The molecule has 1 aliphatic carbocycles. The van der Waals surface area contributed by atoms with Gasteiger partial charge in [0.25, 0.3) is 0 Å². The van der Waals surface area contributed by atoms with E-state index >= 15 is 0 Å². The van der Waals surface area contributed by atoms with Gasteiger partial charge >= 0.3 is 0 Å². The molecule has 0 bridgehead atoms. The van der Waals surface area contributed by atoms with Crippen molar-refractivity contribution in [2.75, 3.05) is 13.1 Å². The molecule has 0 aromatic heterocycles. The summed E-state index contributed by atoms with van der Waals surface area (Å²) in [5.74, 6) is 2.01. The third-order valence-corrected chi connectivity index (χ3v) is 2.33. The van der Waals surface area contributed by atoms with E-state index in [9.17, 15) is 0 Å². The van der Waals surface area contributed by atoms with E-state index in [1.807, 2.05) is 0 Å². The summed E-state index contributed by atoms with van der Waals surface area (Å²) < 4.78 is 0. The summed E-state index contributed by atoms with van der Waals surface area (Å²) in [7, 11) is 0. The molecule has 0 unspecified atom stereocenters. The van der Waals surface area contributed by atoms with E-state index in [4.69, 9.17) is 0 Å². The van der Waals surface area contributed by atoms with Crippen LogP contribution in [0.15, 0.2) is 0 Å². The van der Waals surface area contributed by atoms with Gasteiger partial charge in [0.05, 0.1) is 0 Å².